The molecule has 1 heterocycles. The fourth-order valence-electron chi connectivity index (χ4n) is 3.97. The van der Waals surface area contributed by atoms with E-state index in [2.05, 4.69) is 43.1 Å². The van der Waals surface area contributed by atoms with Crippen molar-refractivity contribution in [3.63, 3.8) is 0 Å². The topological polar surface area (TPSA) is 56.3 Å². The van der Waals surface area contributed by atoms with Gasteiger partial charge < -0.3 is 19.6 Å². The lowest BCUT2D eigenvalue weighted by Gasteiger charge is -2.38. The fourth-order valence-corrected chi connectivity index (χ4v) is 3.97. The molecule has 1 N–H and O–H groups in total. The first-order valence-electron chi connectivity index (χ1n) is 10.9. The van der Waals surface area contributed by atoms with Crippen LogP contribution in [0.4, 0.5) is 5.69 Å². The summed E-state index contributed by atoms with van der Waals surface area (Å²) in [6.45, 7) is 6.04. The number of hydrogen-bond acceptors (Lipinski definition) is 5. The molecule has 3 rings (SSSR count). The van der Waals surface area contributed by atoms with Gasteiger partial charge in [-0.05, 0) is 37.7 Å². The van der Waals surface area contributed by atoms with Gasteiger partial charge in [0.05, 0.1) is 18.2 Å². The molecule has 0 saturated carbocycles. The van der Waals surface area contributed by atoms with Crippen molar-refractivity contribution in [3.8, 4) is 5.75 Å². The second kappa shape index (κ2) is 10.2. The minimum Gasteiger partial charge on any atom is -0.488 e. The molecule has 0 bridgehead atoms. The summed E-state index contributed by atoms with van der Waals surface area (Å²) in [5.41, 5.74) is 2.75. The van der Waals surface area contributed by atoms with E-state index in [1.165, 1.54) is 5.56 Å². The van der Waals surface area contributed by atoms with Crippen LogP contribution in [-0.4, -0.2) is 73.8 Å². The SMILES string of the molecule is C[C@H]1CN([C@@H](C)CO)C(=O)c2cc(N(C)C)ccc2O[C@@H]1CN(C)Cc1ccccc1. The Labute approximate surface area is 186 Å². The molecule has 31 heavy (non-hydrogen) atoms. The van der Waals surface area contributed by atoms with Crippen LogP contribution < -0.4 is 9.64 Å². The average Bonchev–Trinajstić information content (AvgIpc) is 2.75. The zero-order valence-electron chi connectivity index (χ0n) is 19.3. The van der Waals surface area contributed by atoms with Gasteiger partial charge in [-0.2, -0.15) is 0 Å². The van der Waals surface area contributed by atoms with E-state index in [1.54, 1.807) is 4.90 Å². The predicted octanol–water partition coefficient (Wildman–Crippen LogP) is 3.10. The maximum Gasteiger partial charge on any atom is 0.258 e. The van der Waals surface area contributed by atoms with Crippen molar-refractivity contribution in [3.05, 3.63) is 59.7 Å². The molecule has 1 amide bonds. The Bertz CT molecular complexity index is 872. The Kier molecular flexibility index (Phi) is 7.57. The maximum atomic E-state index is 13.4. The lowest BCUT2D eigenvalue weighted by Crippen LogP contribution is -2.49. The van der Waals surface area contributed by atoms with Crippen molar-refractivity contribution in [1.82, 2.24) is 9.80 Å². The number of rotatable bonds is 7. The Morgan fingerprint density at radius 2 is 1.87 bits per heavy atom. The van der Waals surface area contributed by atoms with Crippen molar-refractivity contribution < 1.29 is 14.6 Å². The molecule has 2 aromatic rings. The third-order valence-corrected chi connectivity index (χ3v) is 5.95. The van der Waals surface area contributed by atoms with Gasteiger partial charge in [0.2, 0.25) is 0 Å². The van der Waals surface area contributed by atoms with E-state index in [1.807, 2.05) is 50.2 Å². The largest absolute Gasteiger partial charge is 0.488 e. The van der Waals surface area contributed by atoms with E-state index in [4.69, 9.17) is 4.74 Å². The first kappa shape index (κ1) is 23.1. The van der Waals surface area contributed by atoms with Gasteiger partial charge in [0.15, 0.2) is 0 Å². The molecule has 0 fully saturated rings. The van der Waals surface area contributed by atoms with Gasteiger partial charge in [0.1, 0.15) is 11.9 Å². The third-order valence-electron chi connectivity index (χ3n) is 5.95. The third kappa shape index (κ3) is 5.57. The van der Waals surface area contributed by atoms with E-state index in [0.29, 0.717) is 17.9 Å². The van der Waals surface area contributed by atoms with Gasteiger partial charge in [0.25, 0.3) is 5.91 Å². The first-order chi connectivity index (χ1) is 14.8. The van der Waals surface area contributed by atoms with Crippen molar-refractivity contribution in [2.75, 3.05) is 45.7 Å². The van der Waals surface area contributed by atoms with Gasteiger partial charge in [-0.1, -0.05) is 37.3 Å². The Hall–Kier alpha value is -2.57. The van der Waals surface area contributed by atoms with Crippen LogP contribution >= 0.6 is 0 Å². The lowest BCUT2D eigenvalue weighted by molar-refractivity contribution is 0.0341. The number of nitrogens with zero attached hydrogens (tertiary/aromatic N) is 3. The highest BCUT2D eigenvalue weighted by Crippen LogP contribution is 2.31. The van der Waals surface area contributed by atoms with Gasteiger partial charge in [-0.15, -0.1) is 0 Å². The molecule has 168 valence electrons. The lowest BCUT2D eigenvalue weighted by atomic mass is 9.99. The number of hydrogen-bond donors (Lipinski definition) is 1. The predicted molar refractivity (Wildman–Crippen MR) is 125 cm³/mol. The molecule has 2 aromatic carbocycles. The average molecular weight is 426 g/mol. The van der Waals surface area contributed by atoms with Crippen LogP contribution in [0.25, 0.3) is 0 Å². The van der Waals surface area contributed by atoms with Crippen molar-refractivity contribution in [1.29, 1.82) is 0 Å². The molecule has 0 saturated heterocycles. The van der Waals surface area contributed by atoms with Crippen LogP contribution in [0.15, 0.2) is 48.5 Å². The van der Waals surface area contributed by atoms with Crippen molar-refractivity contribution >= 4 is 11.6 Å². The van der Waals surface area contributed by atoms with Crippen LogP contribution in [0.2, 0.25) is 0 Å². The monoisotopic (exact) mass is 425 g/mol. The van der Waals surface area contributed by atoms with E-state index >= 15 is 0 Å². The van der Waals surface area contributed by atoms with Gasteiger partial charge in [-0.25, -0.2) is 0 Å². The zero-order chi connectivity index (χ0) is 22.5. The second-order valence-electron chi connectivity index (χ2n) is 8.88. The minimum absolute atomic E-state index is 0.0689. The number of carbonyl (C=O) groups is 1. The summed E-state index contributed by atoms with van der Waals surface area (Å²) in [6, 6.07) is 15.9. The van der Waals surface area contributed by atoms with Crippen LogP contribution in [0, 0.1) is 5.92 Å². The summed E-state index contributed by atoms with van der Waals surface area (Å²) < 4.78 is 6.45. The number of carbonyl (C=O) groups excluding carboxylic acids is 1. The van der Waals surface area contributed by atoms with Crippen LogP contribution in [0.3, 0.4) is 0 Å². The van der Waals surface area contributed by atoms with E-state index in [0.717, 1.165) is 18.8 Å². The van der Waals surface area contributed by atoms with Crippen LogP contribution in [0.1, 0.15) is 29.8 Å². The van der Waals surface area contributed by atoms with E-state index in [9.17, 15) is 9.90 Å². The van der Waals surface area contributed by atoms with E-state index in [-0.39, 0.29) is 30.6 Å². The molecule has 0 aromatic heterocycles. The summed E-state index contributed by atoms with van der Waals surface area (Å²) in [5, 5.41) is 9.78. The summed E-state index contributed by atoms with van der Waals surface area (Å²) in [7, 11) is 6.00. The molecule has 0 spiro atoms. The number of amides is 1. The number of likely N-dealkylation sites (N-methyl/N-ethyl adjacent to an activating group) is 1. The van der Waals surface area contributed by atoms with Crippen molar-refractivity contribution in [2.45, 2.75) is 32.5 Å². The van der Waals surface area contributed by atoms with Crippen LogP contribution in [0.5, 0.6) is 5.75 Å². The highest BCUT2D eigenvalue weighted by atomic mass is 16.5. The van der Waals surface area contributed by atoms with Gasteiger partial charge in [0, 0.05) is 45.3 Å². The number of aliphatic hydroxyl groups is 1. The Balaban J connectivity index is 1.89. The zero-order valence-corrected chi connectivity index (χ0v) is 19.3. The molecule has 1 aliphatic heterocycles. The molecule has 3 atom stereocenters. The van der Waals surface area contributed by atoms with Gasteiger partial charge >= 0.3 is 0 Å². The van der Waals surface area contributed by atoms with E-state index < -0.39 is 0 Å². The van der Waals surface area contributed by atoms with Crippen molar-refractivity contribution in [2.24, 2.45) is 5.92 Å². The number of ether oxygens (including phenoxy) is 1. The van der Waals surface area contributed by atoms with Crippen LogP contribution in [-0.2, 0) is 6.54 Å². The maximum absolute atomic E-state index is 13.4. The number of benzene rings is 2. The molecular formula is C25H35N3O3. The summed E-state index contributed by atoms with van der Waals surface area (Å²) in [4.78, 5) is 19.4. The Morgan fingerprint density at radius 1 is 1.16 bits per heavy atom. The fraction of sp³-hybridized carbons (Fsp3) is 0.480. The minimum atomic E-state index is -0.258. The number of aliphatic hydroxyl groups excluding tert-OH is 1. The molecular weight excluding hydrogens is 390 g/mol. The quantitative estimate of drug-likeness (QED) is 0.739. The summed E-state index contributed by atoms with van der Waals surface area (Å²) >= 11 is 0. The molecule has 0 aliphatic carbocycles. The number of anilines is 1. The standard InChI is InChI=1S/C25H35N3O3/c1-18-14-28(19(2)17-29)25(30)22-13-21(26(3)4)11-12-23(22)31-24(18)16-27(5)15-20-9-7-6-8-10-20/h6-13,18-19,24,29H,14-17H2,1-5H3/t18-,19-,24+/m0/s1. The molecule has 0 radical (unpaired) electrons. The second-order valence-corrected chi connectivity index (χ2v) is 8.88. The normalized spacial score (nSPS) is 20.0. The highest BCUT2D eigenvalue weighted by Gasteiger charge is 2.33. The molecule has 0 unspecified atom stereocenters. The van der Waals surface area contributed by atoms with Gasteiger partial charge in [-0.3, -0.25) is 9.69 Å². The Morgan fingerprint density at radius 3 is 2.52 bits per heavy atom. The number of fused-ring (bicyclic) bond motifs is 1. The first-order valence-corrected chi connectivity index (χ1v) is 10.9. The molecule has 6 nitrogen and oxygen atoms in total. The summed E-state index contributed by atoms with van der Waals surface area (Å²) in [6.07, 6.45) is -0.0841. The summed E-state index contributed by atoms with van der Waals surface area (Å²) in [5.74, 6) is 0.622. The molecule has 6 heteroatoms. The molecule has 1 aliphatic rings. The smallest absolute Gasteiger partial charge is 0.258 e. The highest BCUT2D eigenvalue weighted by molar-refractivity contribution is 5.98.